The fourth-order valence-electron chi connectivity index (χ4n) is 2.08. The van der Waals surface area contributed by atoms with Gasteiger partial charge in [-0.3, -0.25) is 0 Å². The van der Waals surface area contributed by atoms with Gasteiger partial charge in [0, 0.05) is 10.0 Å². The van der Waals surface area contributed by atoms with Crippen LogP contribution in [-0.4, -0.2) is 18.3 Å². The molecule has 2 rings (SSSR count). The number of rotatable bonds is 1. The van der Waals surface area contributed by atoms with Crippen LogP contribution in [-0.2, 0) is 16.1 Å². The van der Waals surface area contributed by atoms with Crippen molar-refractivity contribution in [1.82, 2.24) is 5.32 Å². The molecule has 1 atom stereocenters. The van der Waals surface area contributed by atoms with Gasteiger partial charge in [-0.25, -0.2) is 9.18 Å². The van der Waals surface area contributed by atoms with E-state index in [1.165, 1.54) is 6.07 Å². The van der Waals surface area contributed by atoms with Gasteiger partial charge < -0.3 is 14.8 Å². The van der Waals surface area contributed by atoms with Gasteiger partial charge >= 0.3 is 6.09 Å². The average Bonchev–Trinajstić information content (AvgIpc) is 2.25. The molecule has 0 saturated heterocycles. The van der Waals surface area contributed by atoms with Gasteiger partial charge in [0.05, 0.1) is 19.3 Å². The normalized spacial score (nSPS) is 18.4. The summed E-state index contributed by atoms with van der Waals surface area (Å²) in [5.74, 6) is -0.362. The highest BCUT2D eigenvalue weighted by Gasteiger charge is 2.28. The molecule has 4 nitrogen and oxygen atoms in total. The highest BCUT2D eigenvalue weighted by Crippen LogP contribution is 2.30. The smallest absolute Gasteiger partial charge is 0.408 e. The third-order valence-corrected chi connectivity index (χ3v) is 3.22. The number of nitrogens with one attached hydrogen (secondary N) is 1. The number of carbonyl (C=O) groups is 1. The van der Waals surface area contributed by atoms with Crippen molar-refractivity contribution < 1.29 is 18.7 Å². The van der Waals surface area contributed by atoms with Crippen molar-refractivity contribution in [3.8, 4) is 0 Å². The largest absolute Gasteiger partial charge is 0.444 e. The van der Waals surface area contributed by atoms with Gasteiger partial charge in [-0.15, -0.1) is 0 Å². The fourth-order valence-corrected chi connectivity index (χ4v) is 2.56. The number of fused-ring (bicyclic) bond motifs is 1. The first-order valence-electron chi connectivity index (χ1n) is 6.31. The molecule has 20 heavy (non-hydrogen) atoms. The first-order valence-corrected chi connectivity index (χ1v) is 7.10. The SMILES string of the molecule is CC(C)(C)OC(=O)N[C@@H]1COCc2cc(Br)cc(F)c21. The van der Waals surface area contributed by atoms with Gasteiger partial charge in [0.25, 0.3) is 0 Å². The third kappa shape index (κ3) is 3.70. The van der Waals surface area contributed by atoms with Crippen LogP contribution in [0.5, 0.6) is 0 Å². The van der Waals surface area contributed by atoms with E-state index in [4.69, 9.17) is 9.47 Å². The topological polar surface area (TPSA) is 47.6 Å². The lowest BCUT2D eigenvalue weighted by molar-refractivity contribution is 0.0384. The van der Waals surface area contributed by atoms with Crippen LogP contribution in [0, 0.1) is 5.82 Å². The summed E-state index contributed by atoms with van der Waals surface area (Å²) in [7, 11) is 0. The molecule has 0 aromatic heterocycles. The summed E-state index contributed by atoms with van der Waals surface area (Å²) < 4.78 is 25.3. The maximum Gasteiger partial charge on any atom is 0.408 e. The first-order chi connectivity index (χ1) is 9.26. The van der Waals surface area contributed by atoms with Crippen molar-refractivity contribution in [2.75, 3.05) is 6.61 Å². The number of halogens is 2. The third-order valence-electron chi connectivity index (χ3n) is 2.76. The molecule has 1 aromatic rings. The zero-order chi connectivity index (χ0) is 14.9. The van der Waals surface area contributed by atoms with Crippen LogP contribution in [0.3, 0.4) is 0 Å². The molecule has 0 spiro atoms. The lowest BCUT2D eigenvalue weighted by Crippen LogP contribution is -2.38. The van der Waals surface area contributed by atoms with E-state index in [1.54, 1.807) is 26.8 Å². The van der Waals surface area contributed by atoms with Crippen molar-refractivity contribution in [1.29, 1.82) is 0 Å². The number of hydrogen-bond donors (Lipinski definition) is 1. The number of carbonyl (C=O) groups excluding carboxylic acids is 1. The predicted octanol–water partition coefficient (Wildman–Crippen LogP) is 3.68. The standard InChI is InChI=1S/C14H17BrFNO3/c1-14(2,3)20-13(18)17-11-7-19-6-8-4-9(15)5-10(16)12(8)11/h4-5,11H,6-7H2,1-3H3,(H,17,18)/t11-/m1/s1. The maximum absolute atomic E-state index is 14.1. The summed E-state index contributed by atoms with van der Waals surface area (Å²) >= 11 is 3.24. The molecule has 1 heterocycles. The maximum atomic E-state index is 14.1. The van der Waals surface area contributed by atoms with E-state index in [0.717, 1.165) is 5.56 Å². The minimum Gasteiger partial charge on any atom is -0.444 e. The Kier molecular flexibility index (Phi) is 4.34. The van der Waals surface area contributed by atoms with Crippen LogP contribution < -0.4 is 5.32 Å². The lowest BCUT2D eigenvalue weighted by atomic mass is 9.98. The Morgan fingerprint density at radius 1 is 1.50 bits per heavy atom. The zero-order valence-corrected chi connectivity index (χ0v) is 13.2. The van der Waals surface area contributed by atoms with Crippen LogP contribution in [0.15, 0.2) is 16.6 Å². The van der Waals surface area contributed by atoms with Crippen molar-refractivity contribution in [3.63, 3.8) is 0 Å². The second-order valence-corrected chi connectivity index (χ2v) is 6.59. The van der Waals surface area contributed by atoms with Gasteiger partial charge in [0.1, 0.15) is 11.4 Å². The molecule has 0 unspecified atom stereocenters. The Balaban J connectivity index is 2.19. The van der Waals surface area contributed by atoms with E-state index in [0.29, 0.717) is 16.6 Å². The van der Waals surface area contributed by atoms with E-state index in [2.05, 4.69) is 21.2 Å². The van der Waals surface area contributed by atoms with E-state index < -0.39 is 17.7 Å². The Morgan fingerprint density at radius 3 is 2.85 bits per heavy atom. The summed E-state index contributed by atoms with van der Waals surface area (Å²) in [5, 5.41) is 2.65. The van der Waals surface area contributed by atoms with Gasteiger partial charge in [0.15, 0.2) is 0 Å². The first kappa shape index (κ1) is 15.3. The van der Waals surface area contributed by atoms with Crippen molar-refractivity contribution in [2.45, 2.75) is 39.0 Å². The van der Waals surface area contributed by atoms with Crippen LogP contribution in [0.2, 0.25) is 0 Å². The van der Waals surface area contributed by atoms with Crippen molar-refractivity contribution in [3.05, 3.63) is 33.5 Å². The second kappa shape index (κ2) is 5.69. The highest BCUT2D eigenvalue weighted by molar-refractivity contribution is 9.10. The summed E-state index contributed by atoms with van der Waals surface area (Å²) in [6.45, 7) is 5.88. The number of amides is 1. The molecule has 0 saturated carbocycles. The Bertz CT molecular complexity index is 528. The molecule has 1 aromatic carbocycles. The number of ether oxygens (including phenoxy) is 2. The molecule has 110 valence electrons. The average molecular weight is 346 g/mol. The van der Waals surface area contributed by atoms with Gasteiger partial charge in [-0.1, -0.05) is 15.9 Å². The minimum atomic E-state index is -0.597. The van der Waals surface area contributed by atoms with Crippen molar-refractivity contribution >= 4 is 22.0 Å². The fraction of sp³-hybridized carbons (Fsp3) is 0.500. The second-order valence-electron chi connectivity index (χ2n) is 5.67. The molecule has 0 bridgehead atoms. The van der Waals surface area contributed by atoms with Gasteiger partial charge in [-0.2, -0.15) is 0 Å². The van der Waals surface area contributed by atoms with Crippen LogP contribution in [0.25, 0.3) is 0 Å². The molecular formula is C14H17BrFNO3. The molecule has 1 aliphatic heterocycles. The van der Waals surface area contributed by atoms with Crippen LogP contribution >= 0.6 is 15.9 Å². The Hall–Kier alpha value is -1.14. The minimum absolute atomic E-state index is 0.227. The predicted molar refractivity (Wildman–Crippen MR) is 75.9 cm³/mol. The van der Waals surface area contributed by atoms with Gasteiger partial charge in [0.2, 0.25) is 0 Å². The number of benzene rings is 1. The van der Waals surface area contributed by atoms with Crippen molar-refractivity contribution in [2.24, 2.45) is 0 Å². The van der Waals surface area contributed by atoms with Gasteiger partial charge in [-0.05, 0) is 38.5 Å². The van der Waals surface area contributed by atoms with E-state index in [-0.39, 0.29) is 12.4 Å². The Morgan fingerprint density at radius 2 is 2.20 bits per heavy atom. The molecule has 0 fully saturated rings. The number of hydrogen-bond acceptors (Lipinski definition) is 3. The van der Waals surface area contributed by atoms with E-state index in [9.17, 15) is 9.18 Å². The van der Waals surface area contributed by atoms with E-state index in [1.807, 2.05) is 0 Å². The number of alkyl carbamates (subject to hydrolysis) is 1. The molecule has 0 radical (unpaired) electrons. The summed E-state index contributed by atoms with van der Waals surface area (Å²) in [6, 6.07) is 2.64. The molecule has 1 N–H and O–H groups in total. The molecular weight excluding hydrogens is 329 g/mol. The molecule has 1 aliphatic rings. The Labute approximate surface area is 125 Å². The zero-order valence-electron chi connectivity index (χ0n) is 11.6. The quantitative estimate of drug-likeness (QED) is 0.844. The summed E-state index contributed by atoms with van der Waals surface area (Å²) in [6.07, 6.45) is -0.582. The van der Waals surface area contributed by atoms with Crippen LogP contribution in [0.1, 0.15) is 37.9 Å². The summed E-state index contributed by atoms with van der Waals surface area (Å²) in [5.41, 5.74) is 0.593. The van der Waals surface area contributed by atoms with Crippen LogP contribution in [0.4, 0.5) is 9.18 Å². The lowest BCUT2D eigenvalue weighted by Gasteiger charge is -2.28. The molecule has 1 amide bonds. The molecule has 0 aliphatic carbocycles. The van der Waals surface area contributed by atoms with E-state index >= 15 is 0 Å². The highest BCUT2D eigenvalue weighted by atomic mass is 79.9. The summed E-state index contributed by atoms with van der Waals surface area (Å²) in [4.78, 5) is 11.8. The monoisotopic (exact) mass is 345 g/mol. The molecule has 6 heteroatoms.